The van der Waals surface area contributed by atoms with Crippen LogP contribution in [0.2, 0.25) is 0 Å². The molecule has 0 unspecified atom stereocenters. The molecule has 0 atom stereocenters. The van der Waals surface area contributed by atoms with Crippen LogP contribution in [0.4, 0.5) is 4.39 Å². The lowest BCUT2D eigenvalue weighted by molar-refractivity contribution is 0.0478. The van der Waals surface area contributed by atoms with Gasteiger partial charge in [-0.2, -0.15) is 10.4 Å². The fourth-order valence-electron chi connectivity index (χ4n) is 2.87. The second kappa shape index (κ2) is 7.25. The number of hydrogen-bond donors (Lipinski definition) is 0. The number of ether oxygens (including phenoxy) is 1. The summed E-state index contributed by atoms with van der Waals surface area (Å²) in [6, 6.07) is 16.8. The van der Waals surface area contributed by atoms with E-state index in [4.69, 9.17) is 10.00 Å². The molecule has 28 heavy (non-hydrogen) atoms. The Morgan fingerprint density at radius 2 is 2.00 bits per heavy atom. The van der Waals surface area contributed by atoms with Crippen LogP contribution in [-0.4, -0.2) is 15.7 Å². The minimum absolute atomic E-state index is 0.0277. The standard InChI is InChI=1S/C21H14FN3O2S/c1-13-18-10-19(21(26)27-12-15-5-3-2-4-14(15)11-23)28-20(18)25(24-13)17-8-6-16(22)7-9-17/h2-10H,12H2,1H3. The molecule has 5 nitrogen and oxygen atoms in total. The van der Waals surface area contributed by atoms with Gasteiger partial charge < -0.3 is 4.74 Å². The summed E-state index contributed by atoms with van der Waals surface area (Å²) in [5.41, 5.74) is 2.62. The molecule has 0 N–H and O–H groups in total. The number of benzene rings is 2. The normalized spacial score (nSPS) is 10.8. The van der Waals surface area contributed by atoms with E-state index < -0.39 is 5.97 Å². The monoisotopic (exact) mass is 391 g/mol. The molecule has 4 rings (SSSR count). The number of nitrogens with zero attached hydrogens (tertiary/aromatic N) is 3. The number of rotatable bonds is 4. The Morgan fingerprint density at radius 1 is 1.25 bits per heavy atom. The van der Waals surface area contributed by atoms with Crippen molar-refractivity contribution in [2.45, 2.75) is 13.5 Å². The Hall–Kier alpha value is -3.50. The summed E-state index contributed by atoms with van der Waals surface area (Å²) in [4.78, 5) is 13.7. The molecule has 2 aromatic carbocycles. The number of esters is 1. The van der Waals surface area contributed by atoms with Crippen LogP contribution in [0.25, 0.3) is 15.9 Å². The molecule has 0 saturated heterocycles. The number of aryl methyl sites for hydroxylation is 1. The summed E-state index contributed by atoms with van der Waals surface area (Å²) in [5.74, 6) is -0.782. The molecule has 0 aliphatic carbocycles. The Kier molecular flexibility index (Phi) is 4.63. The second-order valence-electron chi connectivity index (χ2n) is 6.15. The highest BCUT2D eigenvalue weighted by atomic mass is 32.1. The maximum atomic E-state index is 13.2. The van der Waals surface area contributed by atoms with Gasteiger partial charge >= 0.3 is 5.97 Å². The van der Waals surface area contributed by atoms with Gasteiger partial charge in [-0.3, -0.25) is 0 Å². The number of nitriles is 1. The Balaban J connectivity index is 1.61. The van der Waals surface area contributed by atoms with Crippen molar-refractivity contribution in [3.8, 4) is 11.8 Å². The minimum Gasteiger partial charge on any atom is -0.457 e. The number of carbonyl (C=O) groups is 1. The third-order valence-corrected chi connectivity index (χ3v) is 5.40. The molecule has 0 aliphatic rings. The highest BCUT2D eigenvalue weighted by Crippen LogP contribution is 2.31. The molecule has 0 aliphatic heterocycles. The van der Waals surface area contributed by atoms with Crippen LogP contribution in [0.3, 0.4) is 0 Å². The first-order valence-electron chi connectivity index (χ1n) is 8.47. The van der Waals surface area contributed by atoms with E-state index in [0.717, 1.165) is 15.9 Å². The van der Waals surface area contributed by atoms with Gasteiger partial charge in [0.15, 0.2) is 0 Å². The van der Waals surface area contributed by atoms with Crippen LogP contribution >= 0.6 is 11.3 Å². The quantitative estimate of drug-likeness (QED) is 0.470. The van der Waals surface area contributed by atoms with Gasteiger partial charge in [-0.15, -0.1) is 11.3 Å². The van der Waals surface area contributed by atoms with Crippen LogP contribution in [0.15, 0.2) is 54.6 Å². The van der Waals surface area contributed by atoms with Gasteiger partial charge in [0.1, 0.15) is 22.1 Å². The molecule has 0 amide bonds. The lowest BCUT2D eigenvalue weighted by atomic mass is 10.1. The predicted molar refractivity (Wildman–Crippen MR) is 104 cm³/mol. The molecule has 0 bridgehead atoms. The summed E-state index contributed by atoms with van der Waals surface area (Å²) in [6.45, 7) is 1.88. The summed E-state index contributed by atoms with van der Waals surface area (Å²) in [5, 5.41) is 14.5. The Bertz CT molecular complexity index is 1220. The van der Waals surface area contributed by atoms with E-state index in [2.05, 4.69) is 11.2 Å². The zero-order valence-corrected chi connectivity index (χ0v) is 15.7. The first-order chi connectivity index (χ1) is 13.6. The van der Waals surface area contributed by atoms with Crippen molar-refractivity contribution in [2.75, 3.05) is 0 Å². The number of carbonyl (C=O) groups excluding carboxylic acids is 1. The SMILES string of the molecule is Cc1nn(-c2ccc(F)cc2)c2sc(C(=O)OCc3ccccc3C#N)cc12. The largest absolute Gasteiger partial charge is 0.457 e. The third-order valence-electron chi connectivity index (χ3n) is 4.31. The van der Waals surface area contributed by atoms with E-state index in [1.165, 1.54) is 23.5 Å². The summed E-state index contributed by atoms with van der Waals surface area (Å²) in [7, 11) is 0. The van der Waals surface area contributed by atoms with Crippen LogP contribution < -0.4 is 0 Å². The van der Waals surface area contributed by atoms with Crippen molar-refractivity contribution in [3.05, 3.63) is 82.1 Å². The van der Waals surface area contributed by atoms with E-state index >= 15 is 0 Å². The van der Waals surface area contributed by atoms with Crippen molar-refractivity contribution in [2.24, 2.45) is 0 Å². The molecule has 0 saturated carbocycles. The van der Waals surface area contributed by atoms with Crippen molar-refractivity contribution in [3.63, 3.8) is 0 Å². The van der Waals surface area contributed by atoms with Crippen LogP contribution in [0, 0.1) is 24.1 Å². The van der Waals surface area contributed by atoms with E-state index in [-0.39, 0.29) is 12.4 Å². The molecule has 4 aromatic rings. The number of thiophene rings is 1. The maximum absolute atomic E-state index is 13.2. The molecule has 7 heteroatoms. The first-order valence-corrected chi connectivity index (χ1v) is 9.28. The average molecular weight is 391 g/mol. The van der Waals surface area contributed by atoms with E-state index in [9.17, 15) is 9.18 Å². The van der Waals surface area contributed by atoms with Gasteiger partial charge in [-0.25, -0.2) is 13.9 Å². The number of fused-ring (bicyclic) bond motifs is 1. The molecule has 0 radical (unpaired) electrons. The Labute approximate surface area is 164 Å². The fraction of sp³-hybridized carbons (Fsp3) is 0.0952. The van der Waals surface area contributed by atoms with Gasteiger partial charge in [-0.05, 0) is 43.3 Å². The van der Waals surface area contributed by atoms with Crippen LogP contribution in [0.1, 0.15) is 26.5 Å². The average Bonchev–Trinajstić information content (AvgIpc) is 3.28. The molecule has 0 fully saturated rings. The third kappa shape index (κ3) is 3.26. The van der Waals surface area contributed by atoms with Crippen LogP contribution in [0.5, 0.6) is 0 Å². The second-order valence-corrected chi connectivity index (χ2v) is 7.18. The van der Waals surface area contributed by atoms with Crippen molar-refractivity contribution in [1.82, 2.24) is 9.78 Å². The fourth-order valence-corrected chi connectivity index (χ4v) is 3.95. The molecule has 0 spiro atoms. The van der Waals surface area contributed by atoms with E-state index in [1.807, 2.05) is 6.92 Å². The minimum atomic E-state index is -0.459. The highest BCUT2D eigenvalue weighted by molar-refractivity contribution is 7.20. The van der Waals surface area contributed by atoms with Gasteiger partial charge in [0.25, 0.3) is 0 Å². The summed E-state index contributed by atoms with van der Waals surface area (Å²) >= 11 is 1.26. The lowest BCUT2D eigenvalue weighted by Crippen LogP contribution is -2.04. The van der Waals surface area contributed by atoms with Gasteiger partial charge in [0.05, 0.1) is 23.0 Å². The van der Waals surface area contributed by atoms with Gasteiger partial charge in [0, 0.05) is 10.9 Å². The zero-order valence-electron chi connectivity index (χ0n) is 14.8. The summed E-state index contributed by atoms with van der Waals surface area (Å²) < 4.78 is 20.3. The van der Waals surface area contributed by atoms with Crippen molar-refractivity contribution in [1.29, 1.82) is 5.26 Å². The van der Waals surface area contributed by atoms with Gasteiger partial charge in [0.2, 0.25) is 0 Å². The molecule has 138 valence electrons. The van der Waals surface area contributed by atoms with E-state index in [1.54, 1.807) is 47.1 Å². The van der Waals surface area contributed by atoms with E-state index in [0.29, 0.717) is 21.7 Å². The first kappa shape index (κ1) is 17.9. The Morgan fingerprint density at radius 3 is 2.75 bits per heavy atom. The smallest absolute Gasteiger partial charge is 0.348 e. The van der Waals surface area contributed by atoms with Gasteiger partial charge in [-0.1, -0.05) is 18.2 Å². The van der Waals surface area contributed by atoms with Crippen molar-refractivity contribution >= 4 is 27.5 Å². The molecular weight excluding hydrogens is 377 g/mol. The topological polar surface area (TPSA) is 67.9 Å². The maximum Gasteiger partial charge on any atom is 0.348 e. The lowest BCUT2D eigenvalue weighted by Gasteiger charge is -2.05. The zero-order chi connectivity index (χ0) is 19.7. The van der Waals surface area contributed by atoms with Crippen LogP contribution in [-0.2, 0) is 11.3 Å². The predicted octanol–water partition coefficient (Wildman–Crippen LogP) is 4.76. The summed E-state index contributed by atoms with van der Waals surface area (Å²) in [6.07, 6.45) is 0. The molecule has 2 heterocycles. The van der Waals surface area contributed by atoms with Crippen molar-refractivity contribution < 1.29 is 13.9 Å². The number of hydrogen-bond acceptors (Lipinski definition) is 5. The highest BCUT2D eigenvalue weighted by Gasteiger charge is 2.18. The molecular formula is C21H14FN3O2S. The number of aromatic nitrogens is 2. The number of halogens is 1. The molecule has 2 aromatic heterocycles.